The molecule has 7 heteroatoms. The van der Waals surface area contributed by atoms with Crippen LogP contribution in [0.4, 0.5) is 28.4 Å². The Balaban J connectivity index is 1.19. The second kappa shape index (κ2) is 19.7. The molecule has 6 aromatic rings. The highest BCUT2D eigenvalue weighted by Crippen LogP contribution is 2.41. The van der Waals surface area contributed by atoms with Crippen LogP contribution in [0.2, 0.25) is 0 Å². The fraction of sp³-hybridized carbons (Fsp3) is 0.320. The maximum atomic E-state index is 6.12. The molecule has 7 rings (SSSR count). The van der Waals surface area contributed by atoms with E-state index in [1.165, 1.54) is 72.2 Å². The molecule has 296 valence electrons. The van der Waals surface area contributed by atoms with E-state index >= 15 is 0 Å². The van der Waals surface area contributed by atoms with Crippen molar-refractivity contribution in [3.63, 3.8) is 0 Å². The lowest BCUT2D eigenvalue weighted by atomic mass is 9.94. The van der Waals surface area contributed by atoms with Gasteiger partial charge in [0, 0.05) is 49.9 Å². The minimum Gasteiger partial charge on any atom is -0.497 e. The van der Waals surface area contributed by atoms with Crippen molar-refractivity contribution in [2.24, 2.45) is 0 Å². The van der Waals surface area contributed by atoms with Crippen LogP contribution in [0.5, 0.6) is 17.2 Å². The van der Waals surface area contributed by atoms with Gasteiger partial charge >= 0.3 is 0 Å². The van der Waals surface area contributed by atoms with Crippen LogP contribution < -0.4 is 24.0 Å². The number of hydrogen-bond acceptors (Lipinski definition) is 6. The van der Waals surface area contributed by atoms with E-state index in [0.717, 1.165) is 70.7 Å². The summed E-state index contributed by atoms with van der Waals surface area (Å²) >= 11 is 1.96. The Labute approximate surface area is 343 Å². The number of unbranched alkanes of at least 4 members (excludes halogenated alkanes) is 6. The first kappa shape index (κ1) is 39.9. The zero-order valence-electron chi connectivity index (χ0n) is 34.0. The van der Waals surface area contributed by atoms with Crippen LogP contribution in [-0.4, -0.2) is 37.6 Å². The summed E-state index contributed by atoms with van der Waals surface area (Å²) in [6, 6.07) is 41.2. The maximum absolute atomic E-state index is 6.12. The van der Waals surface area contributed by atoms with Crippen molar-refractivity contribution >= 4 is 57.2 Å². The number of anilines is 5. The van der Waals surface area contributed by atoms with Crippen molar-refractivity contribution in [3.05, 3.63) is 133 Å². The molecule has 0 saturated carbocycles. The Hall–Kier alpha value is -5.27. The van der Waals surface area contributed by atoms with E-state index in [4.69, 9.17) is 14.2 Å². The SMILES string of the molecule is CCCCCCOc1ccc(N(c2ccc(OC)cc2)c2ccc3[nH]c4c(c3c2)CC(N(c2ccc(OC)cc2)c2ccc(SCCCCCC)cc2)C=C4)cc1. The second-order valence-corrected chi connectivity index (χ2v) is 16.0. The number of H-pyrrole nitrogens is 1. The van der Waals surface area contributed by atoms with Gasteiger partial charge in [0.05, 0.1) is 26.9 Å². The van der Waals surface area contributed by atoms with Gasteiger partial charge in [0.15, 0.2) is 0 Å². The van der Waals surface area contributed by atoms with Crippen LogP contribution in [0, 0.1) is 0 Å². The molecule has 6 nitrogen and oxygen atoms in total. The van der Waals surface area contributed by atoms with E-state index in [1.54, 1.807) is 14.2 Å². The van der Waals surface area contributed by atoms with Gasteiger partial charge < -0.3 is 29.0 Å². The fourth-order valence-electron chi connectivity index (χ4n) is 7.71. The molecule has 0 radical (unpaired) electrons. The van der Waals surface area contributed by atoms with E-state index in [-0.39, 0.29) is 6.04 Å². The van der Waals surface area contributed by atoms with Crippen molar-refractivity contribution in [2.75, 3.05) is 36.4 Å². The van der Waals surface area contributed by atoms with Crippen LogP contribution in [0.1, 0.15) is 76.5 Å². The summed E-state index contributed by atoms with van der Waals surface area (Å²) in [6.45, 7) is 5.24. The number of aromatic nitrogens is 1. The zero-order valence-corrected chi connectivity index (χ0v) is 34.8. The largest absolute Gasteiger partial charge is 0.497 e. The van der Waals surface area contributed by atoms with Gasteiger partial charge in [-0.3, -0.25) is 0 Å². The van der Waals surface area contributed by atoms with Crippen molar-refractivity contribution in [3.8, 4) is 17.2 Å². The molecule has 0 saturated heterocycles. The van der Waals surface area contributed by atoms with Gasteiger partial charge in [0.2, 0.25) is 0 Å². The lowest BCUT2D eigenvalue weighted by molar-refractivity contribution is 0.305. The molecule has 0 spiro atoms. The number of fused-ring (bicyclic) bond motifs is 3. The highest BCUT2D eigenvalue weighted by atomic mass is 32.2. The molecule has 1 heterocycles. The standard InChI is InChI=1S/C50H57N3O3S/c1-5-7-9-11-33-56-45-27-17-39(18-28-45)52(37-13-23-43(54-3)24-14-37)41-21-31-49-47(35-41)48-36-42(22-32-50(48)51-49)53(38-15-25-44(55-4)26-16-38)40-19-29-46(30-20-40)57-34-12-10-8-6-2/h13-32,35,42,51H,5-12,33-34,36H2,1-4H3. The molecular weight excluding hydrogens is 723 g/mol. The third-order valence-corrected chi connectivity index (χ3v) is 11.9. The highest BCUT2D eigenvalue weighted by Gasteiger charge is 2.26. The monoisotopic (exact) mass is 779 g/mol. The van der Waals surface area contributed by atoms with Gasteiger partial charge in [-0.2, -0.15) is 0 Å². The Morgan fingerprint density at radius 3 is 1.79 bits per heavy atom. The zero-order chi connectivity index (χ0) is 39.4. The molecule has 1 unspecified atom stereocenters. The smallest absolute Gasteiger partial charge is 0.119 e. The molecule has 1 aliphatic rings. The minimum atomic E-state index is 0.105. The first-order valence-electron chi connectivity index (χ1n) is 20.7. The van der Waals surface area contributed by atoms with Crippen LogP contribution in [0.3, 0.4) is 0 Å². The van der Waals surface area contributed by atoms with Crippen molar-refractivity contribution in [2.45, 2.75) is 82.6 Å². The molecule has 0 aliphatic heterocycles. The van der Waals surface area contributed by atoms with Gasteiger partial charge in [-0.1, -0.05) is 58.4 Å². The van der Waals surface area contributed by atoms with E-state index < -0.39 is 0 Å². The second-order valence-electron chi connectivity index (χ2n) is 14.8. The van der Waals surface area contributed by atoms with E-state index in [9.17, 15) is 0 Å². The van der Waals surface area contributed by atoms with E-state index in [1.807, 2.05) is 23.9 Å². The predicted octanol–water partition coefficient (Wildman–Crippen LogP) is 14.1. The van der Waals surface area contributed by atoms with Gasteiger partial charge in [0.25, 0.3) is 0 Å². The Bertz CT molecular complexity index is 2180. The molecule has 57 heavy (non-hydrogen) atoms. The number of nitrogens with zero attached hydrogens (tertiary/aromatic N) is 2. The summed E-state index contributed by atoms with van der Waals surface area (Å²) in [6.07, 6.45) is 15.4. The quantitative estimate of drug-likeness (QED) is 0.0615. The van der Waals surface area contributed by atoms with Crippen LogP contribution >= 0.6 is 11.8 Å². The maximum Gasteiger partial charge on any atom is 0.119 e. The topological polar surface area (TPSA) is 50.0 Å². The Morgan fingerprint density at radius 1 is 0.614 bits per heavy atom. The summed E-state index contributed by atoms with van der Waals surface area (Å²) in [5, 5.41) is 1.23. The van der Waals surface area contributed by atoms with Crippen molar-refractivity contribution < 1.29 is 14.2 Å². The number of benzene rings is 5. The molecule has 0 amide bonds. The first-order valence-corrected chi connectivity index (χ1v) is 21.7. The number of methoxy groups -OCH3 is 2. The van der Waals surface area contributed by atoms with Gasteiger partial charge in [-0.15, -0.1) is 11.8 Å². The fourth-order valence-corrected chi connectivity index (χ4v) is 8.62. The molecular formula is C50H57N3O3S. The molecule has 1 N–H and O–H groups in total. The number of rotatable bonds is 20. The minimum absolute atomic E-state index is 0.105. The average molecular weight is 780 g/mol. The highest BCUT2D eigenvalue weighted by molar-refractivity contribution is 7.99. The predicted molar refractivity (Wildman–Crippen MR) is 242 cm³/mol. The molecule has 1 aromatic heterocycles. The third kappa shape index (κ3) is 9.82. The average Bonchev–Trinajstić information content (AvgIpc) is 3.62. The molecule has 1 atom stereocenters. The van der Waals surface area contributed by atoms with Crippen LogP contribution in [-0.2, 0) is 6.42 Å². The lowest BCUT2D eigenvalue weighted by Crippen LogP contribution is -2.32. The number of nitrogens with one attached hydrogen (secondary N) is 1. The number of aromatic amines is 1. The number of ether oxygens (including phenoxy) is 3. The normalized spacial score (nSPS) is 13.4. The molecule has 0 bridgehead atoms. The van der Waals surface area contributed by atoms with Gasteiger partial charge in [0.1, 0.15) is 17.2 Å². The Morgan fingerprint density at radius 2 is 1.18 bits per heavy atom. The molecule has 0 fully saturated rings. The Kier molecular flexibility index (Phi) is 13.8. The lowest BCUT2D eigenvalue weighted by Gasteiger charge is -2.34. The summed E-state index contributed by atoms with van der Waals surface area (Å²) < 4.78 is 17.2. The van der Waals surface area contributed by atoms with E-state index in [0.29, 0.717) is 0 Å². The molecule has 5 aromatic carbocycles. The summed E-state index contributed by atoms with van der Waals surface area (Å²) in [5.41, 5.74) is 9.13. The summed E-state index contributed by atoms with van der Waals surface area (Å²) in [4.78, 5) is 9.83. The molecule has 1 aliphatic carbocycles. The summed E-state index contributed by atoms with van der Waals surface area (Å²) in [7, 11) is 3.43. The number of hydrogen-bond donors (Lipinski definition) is 1. The first-order chi connectivity index (χ1) is 28.1. The van der Waals surface area contributed by atoms with E-state index in [2.05, 4.69) is 144 Å². The summed E-state index contributed by atoms with van der Waals surface area (Å²) in [5.74, 6) is 3.74. The van der Waals surface area contributed by atoms with Crippen LogP contribution in [0.25, 0.3) is 17.0 Å². The van der Waals surface area contributed by atoms with Crippen molar-refractivity contribution in [1.82, 2.24) is 4.98 Å². The van der Waals surface area contributed by atoms with Gasteiger partial charge in [-0.05, 0) is 152 Å². The third-order valence-electron chi connectivity index (χ3n) is 10.8. The van der Waals surface area contributed by atoms with Gasteiger partial charge in [-0.25, -0.2) is 0 Å². The number of thioether (sulfide) groups is 1. The van der Waals surface area contributed by atoms with Crippen LogP contribution in [0.15, 0.2) is 126 Å². The van der Waals surface area contributed by atoms with Crippen molar-refractivity contribution in [1.29, 1.82) is 0 Å².